The van der Waals surface area contributed by atoms with Crippen molar-refractivity contribution < 1.29 is 8.78 Å². The van der Waals surface area contributed by atoms with Crippen molar-refractivity contribution in [1.29, 1.82) is 0 Å². The zero-order valence-electron chi connectivity index (χ0n) is 8.80. The Bertz CT molecular complexity index is 245. The number of hydrazone groups is 1. The molecule has 0 unspecified atom stereocenters. The largest absolute Gasteiger partial charge is 0.270 e. The predicted molar refractivity (Wildman–Crippen MR) is 55.4 cm³/mol. The molecule has 0 radical (unpaired) electrons. The second-order valence-corrected chi connectivity index (χ2v) is 3.28. The Balaban J connectivity index is 4.87. The van der Waals surface area contributed by atoms with E-state index in [1.807, 2.05) is 13.8 Å². The number of hydrogen-bond donors (Lipinski definition) is 0. The van der Waals surface area contributed by atoms with Crippen molar-refractivity contribution in [2.75, 3.05) is 0 Å². The predicted octanol–water partition coefficient (Wildman–Crippen LogP) is 3.04. The van der Waals surface area contributed by atoms with Gasteiger partial charge in [0.1, 0.15) is 0 Å². The van der Waals surface area contributed by atoms with E-state index in [9.17, 15) is 8.78 Å². The molecule has 0 aliphatic rings. The first-order valence-corrected chi connectivity index (χ1v) is 4.30. The molecular formula is C10H16F2N2. The molecule has 0 bridgehead atoms. The van der Waals surface area contributed by atoms with E-state index in [1.165, 1.54) is 11.2 Å². The third-order valence-corrected chi connectivity index (χ3v) is 1.69. The molecule has 0 atom stereocenters. The Hall–Kier alpha value is -1.19. The van der Waals surface area contributed by atoms with Gasteiger partial charge >= 0.3 is 0 Å². The molecule has 0 fully saturated rings. The van der Waals surface area contributed by atoms with Crippen LogP contribution in [-0.4, -0.2) is 24.2 Å². The number of hydrogen-bond acceptors (Lipinski definition) is 2. The van der Waals surface area contributed by atoms with Gasteiger partial charge in [-0.15, -0.1) is 0 Å². The summed E-state index contributed by atoms with van der Waals surface area (Å²) in [5, 5.41) is 5.01. The molecule has 0 saturated heterocycles. The lowest BCUT2D eigenvalue weighted by molar-refractivity contribution is 0.187. The van der Waals surface area contributed by atoms with Crippen LogP contribution in [-0.2, 0) is 0 Å². The fraction of sp³-hybridized carbons (Fsp3) is 0.500. The van der Waals surface area contributed by atoms with Gasteiger partial charge in [-0.2, -0.15) is 5.10 Å². The van der Waals surface area contributed by atoms with E-state index in [-0.39, 0.29) is 11.6 Å². The summed E-state index contributed by atoms with van der Waals surface area (Å²) in [5.74, 6) is 0. The molecule has 80 valence electrons. The number of allylic oxidation sites excluding steroid dienone is 2. The summed E-state index contributed by atoms with van der Waals surface area (Å²) in [6, 6.07) is 0.000556. The zero-order chi connectivity index (χ0) is 11.3. The molecule has 0 amide bonds. The second kappa shape index (κ2) is 5.52. The van der Waals surface area contributed by atoms with Crippen LogP contribution in [0.1, 0.15) is 20.8 Å². The van der Waals surface area contributed by atoms with E-state index in [1.54, 1.807) is 6.92 Å². The van der Waals surface area contributed by atoms with Gasteiger partial charge in [0, 0.05) is 24.5 Å². The number of alkyl halides is 2. The van der Waals surface area contributed by atoms with Crippen molar-refractivity contribution >= 4 is 6.72 Å². The van der Waals surface area contributed by atoms with Crippen LogP contribution in [0.4, 0.5) is 8.78 Å². The minimum absolute atomic E-state index is 0.000556. The monoisotopic (exact) mass is 202 g/mol. The molecule has 0 saturated carbocycles. The number of halogens is 2. The number of nitrogens with zero attached hydrogens (tertiary/aromatic N) is 2. The van der Waals surface area contributed by atoms with E-state index < -0.39 is 6.43 Å². The van der Waals surface area contributed by atoms with Gasteiger partial charge in [-0.05, 0) is 26.3 Å². The first-order valence-electron chi connectivity index (χ1n) is 4.30. The van der Waals surface area contributed by atoms with Gasteiger partial charge in [-0.25, -0.2) is 8.78 Å². The molecular weight excluding hydrogens is 186 g/mol. The molecule has 0 spiro atoms. The summed E-state index contributed by atoms with van der Waals surface area (Å²) in [6.45, 7) is 12.0. The molecule has 0 aromatic carbocycles. The third-order valence-electron chi connectivity index (χ3n) is 1.69. The Labute approximate surface area is 83.6 Å². The van der Waals surface area contributed by atoms with Crippen LogP contribution in [0.2, 0.25) is 0 Å². The molecule has 0 rings (SSSR count). The van der Waals surface area contributed by atoms with Crippen molar-refractivity contribution in [3.05, 3.63) is 23.9 Å². The van der Waals surface area contributed by atoms with Gasteiger partial charge in [-0.1, -0.05) is 6.58 Å². The van der Waals surface area contributed by atoms with Crippen LogP contribution in [0, 0.1) is 0 Å². The summed E-state index contributed by atoms with van der Waals surface area (Å²) in [4.78, 5) is 0. The van der Waals surface area contributed by atoms with Crippen LogP contribution >= 0.6 is 0 Å². The summed E-state index contributed by atoms with van der Waals surface area (Å²) in [6.07, 6.45) is -1.25. The highest BCUT2D eigenvalue weighted by molar-refractivity contribution is 5.29. The van der Waals surface area contributed by atoms with Crippen molar-refractivity contribution in [2.24, 2.45) is 5.10 Å². The lowest BCUT2D eigenvalue weighted by Gasteiger charge is -2.20. The van der Waals surface area contributed by atoms with Gasteiger partial charge in [0.2, 0.25) is 0 Å². The first-order chi connectivity index (χ1) is 6.40. The molecule has 0 aliphatic heterocycles. The Morgan fingerprint density at radius 1 is 1.43 bits per heavy atom. The summed E-state index contributed by atoms with van der Waals surface area (Å²) >= 11 is 0. The summed E-state index contributed by atoms with van der Waals surface area (Å²) in [7, 11) is 0. The first kappa shape index (κ1) is 12.8. The lowest BCUT2D eigenvalue weighted by atomic mass is 10.1. The molecule has 0 heterocycles. The SMILES string of the molecule is C=NN(/C=C(\C(=C)C)C(F)F)C(C)C. The smallest absolute Gasteiger partial charge is 0.265 e. The van der Waals surface area contributed by atoms with E-state index in [0.29, 0.717) is 5.57 Å². The van der Waals surface area contributed by atoms with Crippen molar-refractivity contribution in [2.45, 2.75) is 33.2 Å². The van der Waals surface area contributed by atoms with Crippen molar-refractivity contribution in [1.82, 2.24) is 5.01 Å². The van der Waals surface area contributed by atoms with E-state index >= 15 is 0 Å². The molecule has 4 heteroatoms. The van der Waals surface area contributed by atoms with Gasteiger partial charge in [-0.3, -0.25) is 5.01 Å². The maximum Gasteiger partial charge on any atom is 0.265 e. The highest BCUT2D eigenvalue weighted by atomic mass is 19.3. The summed E-state index contributed by atoms with van der Waals surface area (Å²) in [5.41, 5.74) is 0.236. The van der Waals surface area contributed by atoms with Crippen LogP contribution in [0.15, 0.2) is 29.0 Å². The molecule has 14 heavy (non-hydrogen) atoms. The quantitative estimate of drug-likeness (QED) is 0.380. The maximum absolute atomic E-state index is 12.5. The molecule has 2 nitrogen and oxygen atoms in total. The van der Waals surface area contributed by atoms with Crippen LogP contribution < -0.4 is 0 Å². The zero-order valence-corrected chi connectivity index (χ0v) is 8.80. The third kappa shape index (κ3) is 3.68. The fourth-order valence-electron chi connectivity index (χ4n) is 0.848. The van der Waals surface area contributed by atoms with Gasteiger partial charge in [0.25, 0.3) is 6.43 Å². The van der Waals surface area contributed by atoms with Crippen LogP contribution in [0.5, 0.6) is 0 Å². The van der Waals surface area contributed by atoms with E-state index in [4.69, 9.17) is 0 Å². The Kier molecular flexibility index (Phi) is 5.05. The molecule has 0 N–H and O–H groups in total. The topological polar surface area (TPSA) is 15.6 Å². The van der Waals surface area contributed by atoms with Crippen LogP contribution in [0.25, 0.3) is 0 Å². The maximum atomic E-state index is 12.5. The fourth-order valence-corrected chi connectivity index (χ4v) is 0.848. The molecule has 0 aliphatic carbocycles. The van der Waals surface area contributed by atoms with Gasteiger partial charge < -0.3 is 0 Å². The Morgan fingerprint density at radius 3 is 2.14 bits per heavy atom. The minimum atomic E-state index is -2.53. The molecule has 0 aromatic heterocycles. The standard InChI is InChI=1S/C10H16F2N2/c1-7(2)9(10(11)12)6-14(13-5)8(3)4/h6,8,10H,1,5H2,2-4H3/b9-6+. The summed E-state index contributed by atoms with van der Waals surface area (Å²) < 4.78 is 25.0. The normalized spacial score (nSPS) is 12.1. The minimum Gasteiger partial charge on any atom is -0.270 e. The number of rotatable bonds is 5. The van der Waals surface area contributed by atoms with Crippen molar-refractivity contribution in [3.8, 4) is 0 Å². The lowest BCUT2D eigenvalue weighted by Crippen LogP contribution is -2.20. The van der Waals surface area contributed by atoms with E-state index in [0.717, 1.165) is 0 Å². The highest BCUT2D eigenvalue weighted by Crippen LogP contribution is 2.18. The average Bonchev–Trinajstić information content (AvgIpc) is 2.03. The van der Waals surface area contributed by atoms with E-state index in [2.05, 4.69) is 18.4 Å². The molecule has 0 aromatic rings. The van der Waals surface area contributed by atoms with Crippen molar-refractivity contribution in [3.63, 3.8) is 0 Å². The highest BCUT2D eigenvalue weighted by Gasteiger charge is 2.14. The van der Waals surface area contributed by atoms with Gasteiger partial charge in [0.05, 0.1) is 0 Å². The van der Waals surface area contributed by atoms with Gasteiger partial charge in [0.15, 0.2) is 0 Å². The average molecular weight is 202 g/mol. The second-order valence-electron chi connectivity index (χ2n) is 3.28. The Morgan fingerprint density at radius 2 is 1.93 bits per heavy atom. The van der Waals surface area contributed by atoms with Crippen LogP contribution in [0.3, 0.4) is 0 Å².